The average molecular weight is 501 g/mol. The van der Waals surface area contributed by atoms with Crippen LogP contribution in [0.1, 0.15) is 175 Å². The van der Waals surface area contributed by atoms with Crippen LogP contribution in [0.3, 0.4) is 0 Å². The van der Waals surface area contributed by atoms with E-state index in [4.69, 9.17) is 5.11 Å². The van der Waals surface area contributed by atoms with Gasteiger partial charge in [0.2, 0.25) is 0 Å². The Morgan fingerprint density at radius 2 is 0.686 bits per heavy atom. The molecule has 0 aromatic rings. The van der Waals surface area contributed by atoms with Crippen LogP contribution in [-0.4, -0.2) is 23.7 Å². The highest BCUT2D eigenvalue weighted by atomic mass is 17.2. The molecule has 0 aliphatic heterocycles. The smallest absolute Gasteiger partial charge is 0.355 e. The maximum absolute atomic E-state index is 11.6. The Kier molecular flexibility index (Phi) is 33.9. The van der Waals surface area contributed by atoms with Gasteiger partial charge >= 0.3 is 11.9 Å². The molecule has 0 fully saturated rings. The van der Waals surface area contributed by atoms with E-state index in [1.165, 1.54) is 96.3 Å². The molecule has 1 N–H and O–H groups in total. The van der Waals surface area contributed by atoms with Gasteiger partial charge in [-0.25, -0.2) is 19.4 Å². The van der Waals surface area contributed by atoms with Crippen LogP contribution in [-0.2, 0) is 19.4 Å². The molecule has 0 unspecified atom stereocenters. The van der Waals surface area contributed by atoms with Crippen LogP contribution in [0.5, 0.6) is 0 Å². The van der Waals surface area contributed by atoms with Crippen molar-refractivity contribution in [3.8, 4) is 0 Å². The van der Waals surface area contributed by atoms with Crippen LogP contribution in [0, 0.1) is 0 Å². The Hall–Kier alpha value is -1.10. The van der Waals surface area contributed by atoms with Crippen LogP contribution >= 0.6 is 0 Å². The minimum Gasteiger partial charge on any atom is -0.396 e. The van der Waals surface area contributed by atoms with Gasteiger partial charge in [0.1, 0.15) is 0 Å². The zero-order valence-electron chi connectivity index (χ0n) is 23.8. The molecule has 0 heterocycles. The summed E-state index contributed by atoms with van der Waals surface area (Å²) >= 11 is 0. The molecule has 0 spiro atoms. The van der Waals surface area contributed by atoms with Gasteiger partial charge in [-0.1, -0.05) is 143 Å². The number of hydrogen-bond donors (Lipinski definition) is 1. The van der Waals surface area contributed by atoms with E-state index in [-0.39, 0.29) is 0 Å². The number of aliphatic hydroxyl groups is 1. The average Bonchev–Trinajstić information content (AvgIpc) is 2.86. The molecule has 0 aliphatic carbocycles. The number of hydrogen-bond acceptors (Lipinski definition) is 5. The normalized spacial score (nSPS) is 10.5. The van der Waals surface area contributed by atoms with Crippen molar-refractivity contribution in [1.29, 1.82) is 0 Å². The fourth-order valence-corrected chi connectivity index (χ4v) is 3.87. The first-order valence-corrected chi connectivity index (χ1v) is 15.1. The van der Waals surface area contributed by atoms with Gasteiger partial charge in [0.15, 0.2) is 0 Å². The van der Waals surface area contributed by atoms with E-state index in [1.54, 1.807) is 0 Å². The molecule has 0 amide bonds. The number of aliphatic hydroxyl groups excluding tert-OH is 1. The number of unbranched alkanes of at least 4 members (excludes halogenated alkanes) is 19. The molecule has 0 aromatic heterocycles. The first-order valence-electron chi connectivity index (χ1n) is 15.1. The summed E-state index contributed by atoms with van der Waals surface area (Å²) in [6.07, 6.45) is 27.0. The summed E-state index contributed by atoms with van der Waals surface area (Å²) < 4.78 is 0. The Labute approximate surface area is 218 Å². The molecule has 0 aromatic carbocycles. The molecule has 0 bridgehead atoms. The van der Waals surface area contributed by atoms with Gasteiger partial charge in [-0.2, -0.15) is 0 Å². The maximum atomic E-state index is 11.6. The van der Waals surface area contributed by atoms with Crippen molar-refractivity contribution in [3.63, 3.8) is 0 Å². The molecule has 0 rings (SSSR count). The molecule has 35 heavy (non-hydrogen) atoms. The Morgan fingerprint density at radius 3 is 0.971 bits per heavy atom. The lowest BCUT2D eigenvalue weighted by Crippen LogP contribution is -2.11. The van der Waals surface area contributed by atoms with Crippen molar-refractivity contribution in [2.75, 3.05) is 6.61 Å². The van der Waals surface area contributed by atoms with E-state index in [0.717, 1.165) is 44.9 Å². The van der Waals surface area contributed by atoms with Gasteiger partial charge in [-0.15, -0.1) is 0 Å². The maximum Gasteiger partial charge on any atom is 0.355 e. The van der Waals surface area contributed by atoms with E-state index >= 15 is 0 Å². The highest BCUT2D eigenvalue weighted by Gasteiger charge is 2.09. The second-order valence-corrected chi connectivity index (χ2v) is 9.85. The minimum absolute atomic E-state index is 0.334. The predicted molar refractivity (Wildman–Crippen MR) is 147 cm³/mol. The van der Waals surface area contributed by atoms with E-state index in [9.17, 15) is 9.59 Å². The molecule has 5 nitrogen and oxygen atoms in total. The van der Waals surface area contributed by atoms with Gasteiger partial charge in [0.05, 0.1) is 12.8 Å². The fourth-order valence-electron chi connectivity index (χ4n) is 3.87. The third-order valence-corrected chi connectivity index (χ3v) is 6.21. The van der Waals surface area contributed by atoms with Gasteiger partial charge in [0, 0.05) is 6.61 Å². The second kappa shape index (κ2) is 32.9. The molecular formula is C30H60O5. The summed E-state index contributed by atoms with van der Waals surface area (Å²) in [4.78, 5) is 32.4. The standard InChI is InChI=1S/C24H46O4.C6H14O/c1-3-5-7-9-11-13-15-17-19-21-23(25)27-28-24(26)22-20-18-16-14-12-10-8-6-4-2;1-2-3-4-5-6-7/h3-22H2,1-2H3;7H,2-6H2,1H3. The quantitative estimate of drug-likeness (QED) is 0.0811. The zero-order chi connectivity index (χ0) is 26.2. The van der Waals surface area contributed by atoms with E-state index in [0.29, 0.717) is 19.4 Å². The van der Waals surface area contributed by atoms with Crippen LogP contribution < -0.4 is 0 Å². The molecule has 0 aliphatic rings. The van der Waals surface area contributed by atoms with Gasteiger partial charge in [-0.05, 0) is 19.3 Å². The third-order valence-electron chi connectivity index (χ3n) is 6.21. The van der Waals surface area contributed by atoms with Gasteiger partial charge in [0.25, 0.3) is 0 Å². The van der Waals surface area contributed by atoms with Crippen molar-refractivity contribution in [2.24, 2.45) is 0 Å². The fraction of sp³-hybridized carbons (Fsp3) is 0.933. The molecule has 0 saturated carbocycles. The molecule has 0 atom stereocenters. The SMILES string of the molecule is CCCCCCCCCCCC(=O)OOC(=O)CCCCCCCCCCC.CCCCCCO. The highest BCUT2D eigenvalue weighted by molar-refractivity contribution is 5.72. The van der Waals surface area contributed by atoms with Crippen molar-refractivity contribution in [2.45, 2.75) is 175 Å². The Bertz CT molecular complexity index is 387. The van der Waals surface area contributed by atoms with Gasteiger partial charge in [-0.3, -0.25) is 0 Å². The summed E-state index contributed by atoms with van der Waals surface area (Å²) in [5, 5.41) is 8.29. The Morgan fingerprint density at radius 1 is 0.429 bits per heavy atom. The molecular weight excluding hydrogens is 440 g/mol. The summed E-state index contributed by atoms with van der Waals surface area (Å²) in [5.74, 6) is -0.855. The molecule has 210 valence electrons. The minimum atomic E-state index is -0.427. The van der Waals surface area contributed by atoms with E-state index in [1.807, 2.05) is 0 Å². The van der Waals surface area contributed by atoms with Crippen LogP contribution in [0.15, 0.2) is 0 Å². The third kappa shape index (κ3) is 35.1. The second-order valence-electron chi connectivity index (χ2n) is 9.85. The highest BCUT2D eigenvalue weighted by Crippen LogP contribution is 2.12. The van der Waals surface area contributed by atoms with Crippen LogP contribution in [0.2, 0.25) is 0 Å². The summed E-state index contributed by atoms with van der Waals surface area (Å²) in [6, 6.07) is 0. The largest absolute Gasteiger partial charge is 0.396 e. The van der Waals surface area contributed by atoms with Crippen molar-refractivity contribution < 1.29 is 24.5 Å². The predicted octanol–water partition coefficient (Wildman–Crippen LogP) is 9.39. The van der Waals surface area contributed by atoms with Gasteiger partial charge < -0.3 is 5.11 Å². The monoisotopic (exact) mass is 500 g/mol. The molecule has 0 saturated heterocycles. The summed E-state index contributed by atoms with van der Waals surface area (Å²) in [6.45, 7) is 6.98. The summed E-state index contributed by atoms with van der Waals surface area (Å²) in [5.41, 5.74) is 0. The van der Waals surface area contributed by atoms with E-state index in [2.05, 4.69) is 30.5 Å². The van der Waals surface area contributed by atoms with Crippen LogP contribution in [0.25, 0.3) is 0 Å². The molecule has 0 radical (unpaired) electrons. The lowest BCUT2D eigenvalue weighted by molar-refractivity contribution is -0.259. The Balaban J connectivity index is 0. The first-order chi connectivity index (χ1) is 17.1. The van der Waals surface area contributed by atoms with Crippen LogP contribution in [0.4, 0.5) is 0 Å². The number of carbonyl (C=O) groups is 2. The lowest BCUT2D eigenvalue weighted by atomic mass is 10.1. The topological polar surface area (TPSA) is 72.8 Å². The van der Waals surface area contributed by atoms with Crippen molar-refractivity contribution in [3.05, 3.63) is 0 Å². The first kappa shape index (κ1) is 36.1. The zero-order valence-corrected chi connectivity index (χ0v) is 23.8. The summed E-state index contributed by atoms with van der Waals surface area (Å²) in [7, 11) is 0. The van der Waals surface area contributed by atoms with E-state index < -0.39 is 11.9 Å². The molecule has 5 heteroatoms. The number of carbonyl (C=O) groups excluding carboxylic acids is 2. The van der Waals surface area contributed by atoms with Crippen molar-refractivity contribution in [1.82, 2.24) is 0 Å². The number of rotatable bonds is 24. The lowest BCUT2D eigenvalue weighted by Gasteiger charge is -2.04. The van der Waals surface area contributed by atoms with Crippen molar-refractivity contribution >= 4 is 11.9 Å².